The van der Waals surface area contributed by atoms with Gasteiger partial charge in [0.1, 0.15) is 6.07 Å². The second kappa shape index (κ2) is 6.77. The van der Waals surface area contributed by atoms with Crippen LogP contribution in [0.25, 0.3) is 0 Å². The Labute approximate surface area is 108 Å². The number of nitrogens with two attached hydrogens (primary N) is 1. The number of benzene rings is 1. The fourth-order valence-electron chi connectivity index (χ4n) is 1.65. The first-order valence-electron chi connectivity index (χ1n) is 6.06. The van der Waals surface area contributed by atoms with Crippen molar-refractivity contribution in [3.8, 4) is 6.07 Å². The number of carbonyl (C=O) groups excluding carboxylic acids is 1. The lowest BCUT2D eigenvalue weighted by atomic mass is 10.1. The van der Waals surface area contributed by atoms with Gasteiger partial charge in [0.05, 0.1) is 11.3 Å². The fraction of sp³-hybridized carbons (Fsp3) is 0.429. The molecular formula is C14H19N3O. The van der Waals surface area contributed by atoms with Crippen molar-refractivity contribution < 1.29 is 4.79 Å². The van der Waals surface area contributed by atoms with Crippen LogP contribution in [0.2, 0.25) is 0 Å². The normalized spacial score (nSPS) is 11.7. The van der Waals surface area contributed by atoms with Crippen molar-refractivity contribution in [1.29, 1.82) is 5.26 Å². The molecule has 0 radical (unpaired) electrons. The lowest BCUT2D eigenvalue weighted by Gasteiger charge is -2.19. The van der Waals surface area contributed by atoms with Gasteiger partial charge in [0.15, 0.2) is 0 Å². The van der Waals surface area contributed by atoms with Crippen molar-refractivity contribution >= 4 is 11.6 Å². The van der Waals surface area contributed by atoms with Crippen molar-refractivity contribution in [2.24, 2.45) is 11.7 Å². The summed E-state index contributed by atoms with van der Waals surface area (Å²) in [7, 11) is 1.70. The molecule has 0 spiro atoms. The number of para-hydroxylation sites is 1. The van der Waals surface area contributed by atoms with E-state index in [0.717, 1.165) is 6.42 Å². The van der Waals surface area contributed by atoms with Crippen LogP contribution >= 0.6 is 0 Å². The Bertz CT molecular complexity index is 451. The SMILES string of the molecule is CC(CN)CCC(=O)N(C)c1ccccc1C#N. The third kappa shape index (κ3) is 3.57. The van der Waals surface area contributed by atoms with Crippen LogP contribution in [-0.2, 0) is 4.79 Å². The van der Waals surface area contributed by atoms with Crippen molar-refractivity contribution in [2.45, 2.75) is 19.8 Å². The van der Waals surface area contributed by atoms with Crippen molar-refractivity contribution in [3.05, 3.63) is 29.8 Å². The summed E-state index contributed by atoms with van der Waals surface area (Å²) in [4.78, 5) is 13.6. The van der Waals surface area contributed by atoms with Crippen LogP contribution in [0.4, 0.5) is 5.69 Å². The average molecular weight is 245 g/mol. The second-order valence-corrected chi connectivity index (χ2v) is 4.46. The van der Waals surface area contributed by atoms with Gasteiger partial charge in [-0.3, -0.25) is 4.79 Å². The maximum absolute atomic E-state index is 12.0. The van der Waals surface area contributed by atoms with E-state index >= 15 is 0 Å². The summed E-state index contributed by atoms with van der Waals surface area (Å²) in [6, 6.07) is 9.19. The number of amides is 1. The quantitative estimate of drug-likeness (QED) is 0.861. The maximum Gasteiger partial charge on any atom is 0.226 e. The summed E-state index contributed by atoms with van der Waals surface area (Å²) in [5.74, 6) is 0.353. The van der Waals surface area contributed by atoms with Gasteiger partial charge in [0.25, 0.3) is 0 Å². The zero-order chi connectivity index (χ0) is 13.5. The monoisotopic (exact) mass is 245 g/mol. The number of hydrogen-bond donors (Lipinski definition) is 1. The van der Waals surface area contributed by atoms with E-state index in [9.17, 15) is 4.79 Å². The summed E-state index contributed by atoms with van der Waals surface area (Å²) in [5.41, 5.74) is 6.70. The van der Waals surface area contributed by atoms with Crippen molar-refractivity contribution in [3.63, 3.8) is 0 Å². The summed E-state index contributed by atoms with van der Waals surface area (Å²) < 4.78 is 0. The molecular weight excluding hydrogens is 226 g/mol. The molecule has 0 aliphatic heterocycles. The Balaban J connectivity index is 2.72. The molecule has 1 rings (SSSR count). The van der Waals surface area contributed by atoms with E-state index < -0.39 is 0 Å². The van der Waals surface area contributed by atoms with E-state index in [1.54, 1.807) is 30.1 Å². The Kier molecular flexibility index (Phi) is 5.34. The van der Waals surface area contributed by atoms with E-state index in [1.807, 2.05) is 13.0 Å². The van der Waals surface area contributed by atoms with Gasteiger partial charge in [-0.25, -0.2) is 0 Å². The highest BCUT2D eigenvalue weighted by atomic mass is 16.2. The van der Waals surface area contributed by atoms with E-state index in [1.165, 1.54) is 0 Å². The summed E-state index contributed by atoms with van der Waals surface area (Å²) in [5, 5.41) is 9.00. The Morgan fingerprint density at radius 3 is 2.78 bits per heavy atom. The lowest BCUT2D eigenvalue weighted by Crippen LogP contribution is -2.27. The Morgan fingerprint density at radius 1 is 1.50 bits per heavy atom. The maximum atomic E-state index is 12.0. The molecule has 1 amide bonds. The Hall–Kier alpha value is -1.86. The lowest BCUT2D eigenvalue weighted by molar-refractivity contribution is -0.118. The third-order valence-electron chi connectivity index (χ3n) is 3.01. The molecule has 96 valence electrons. The zero-order valence-electron chi connectivity index (χ0n) is 10.9. The molecule has 0 heterocycles. The first-order valence-corrected chi connectivity index (χ1v) is 6.06. The minimum absolute atomic E-state index is 0.0120. The highest BCUT2D eigenvalue weighted by Gasteiger charge is 2.14. The van der Waals surface area contributed by atoms with Gasteiger partial charge in [-0.1, -0.05) is 19.1 Å². The second-order valence-electron chi connectivity index (χ2n) is 4.46. The van der Waals surface area contributed by atoms with Crippen LogP contribution in [0, 0.1) is 17.2 Å². The molecule has 0 aromatic heterocycles. The topological polar surface area (TPSA) is 70.1 Å². The molecule has 0 fully saturated rings. The molecule has 0 saturated carbocycles. The van der Waals surface area contributed by atoms with Crippen LogP contribution in [0.15, 0.2) is 24.3 Å². The molecule has 0 bridgehead atoms. The van der Waals surface area contributed by atoms with Gasteiger partial charge in [0, 0.05) is 13.5 Å². The Morgan fingerprint density at radius 2 is 2.17 bits per heavy atom. The molecule has 4 nitrogen and oxygen atoms in total. The van der Waals surface area contributed by atoms with Crippen LogP contribution in [0.3, 0.4) is 0 Å². The van der Waals surface area contributed by atoms with Gasteiger partial charge in [-0.15, -0.1) is 0 Å². The minimum atomic E-state index is 0.0120. The van der Waals surface area contributed by atoms with Crippen LogP contribution < -0.4 is 10.6 Å². The smallest absolute Gasteiger partial charge is 0.226 e. The molecule has 1 unspecified atom stereocenters. The molecule has 0 saturated heterocycles. The highest BCUT2D eigenvalue weighted by Crippen LogP contribution is 2.19. The molecule has 1 aromatic carbocycles. The molecule has 18 heavy (non-hydrogen) atoms. The predicted molar refractivity (Wildman–Crippen MR) is 72.0 cm³/mol. The number of rotatable bonds is 5. The van der Waals surface area contributed by atoms with Crippen LogP contribution in [-0.4, -0.2) is 19.5 Å². The van der Waals surface area contributed by atoms with Gasteiger partial charge in [-0.2, -0.15) is 5.26 Å². The van der Waals surface area contributed by atoms with Gasteiger partial charge < -0.3 is 10.6 Å². The van der Waals surface area contributed by atoms with Gasteiger partial charge >= 0.3 is 0 Å². The number of nitrogens with zero attached hydrogens (tertiary/aromatic N) is 2. The highest BCUT2D eigenvalue weighted by molar-refractivity contribution is 5.94. The zero-order valence-corrected chi connectivity index (χ0v) is 10.9. The first kappa shape index (κ1) is 14.2. The van der Waals surface area contributed by atoms with Gasteiger partial charge in [0.2, 0.25) is 5.91 Å². The third-order valence-corrected chi connectivity index (χ3v) is 3.01. The number of hydrogen-bond acceptors (Lipinski definition) is 3. The predicted octanol–water partition coefficient (Wildman–Crippen LogP) is 1.90. The number of nitriles is 1. The molecule has 0 aliphatic carbocycles. The number of carbonyl (C=O) groups is 1. The largest absolute Gasteiger partial charge is 0.330 e. The minimum Gasteiger partial charge on any atom is -0.330 e. The molecule has 1 aromatic rings. The standard InChI is InChI=1S/C14H19N3O/c1-11(9-15)7-8-14(18)17(2)13-6-4-3-5-12(13)10-16/h3-6,11H,7-9,15H2,1-2H3. The van der Waals surface area contributed by atoms with E-state index in [0.29, 0.717) is 30.1 Å². The molecule has 0 aliphatic rings. The first-order chi connectivity index (χ1) is 8.60. The van der Waals surface area contributed by atoms with Crippen molar-refractivity contribution in [2.75, 3.05) is 18.5 Å². The summed E-state index contributed by atoms with van der Waals surface area (Å²) in [6.07, 6.45) is 1.23. The molecule has 4 heteroatoms. The van der Waals surface area contributed by atoms with Crippen LogP contribution in [0.1, 0.15) is 25.3 Å². The van der Waals surface area contributed by atoms with Crippen LogP contribution in [0.5, 0.6) is 0 Å². The van der Waals surface area contributed by atoms with E-state index in [-0.39, 0.29) is 5.91 Å². The fourth-order valence-corrected chi connectivity index (χ4v) is 1.65. The number of anilines is 1. The summed E-state index contributed by atoms with van der Waals surface area (Å²) >= 11 is 0. The molecule has 1 atom stereocenters. The van der Waals surface area contributed by atoms with Crippen molar-refractivity contribution in [1.82, 2.24) is 0 Å². The van der Waals surface area contributed by atoms with E-state index in [4.69, 9.17) is 11.0 Å². The van der Waals surface area contributed by atoms with E-state index in [2.05, 4.69) is 6.07 Å². The van der Waals surface area contributed by atoms with Gasteiger partial charge in [-0.05, 0) is 31.0 Å². The summed E-state index contributed by atoms with van der Waals surface area (Å²) in [6.45, 7) is 2.61. The average Bonchev–Trinajstić information content (AvgIpc) is 2.43. The molecule has 2 N–H and O–H groups in total.